The summed E-state index contributed by atoms with van der Waals surface area (Å²) in [7, 11) is -3.22. The van der Waals surface area contributed by atoms with E-state index in [-0.39, 0.29) is 29.7 Å². The van der Waals surface area contributed by atoms with Crippen LogP contribution >= 0.6 is 35.7 Å². The average molecular weight is 550 g/mol. The first kappa shape index (κ1) is 24.2. The van der Waals surface area contributed by atoms with E-state index in [1.165, 1.54) is 0 Å². The van der Waals surface area contributed by atoms with E-state index in [0.717, 1.165) is 28.0 Å². The minimum Gasteiger partial charge on any atom is -0.357 e. The van der Waals surface area contributed by atoms with E-state index < -0.39 is 10.0 Å². The molecule has 3 rings (SSSR count). The van der Waals surface area contributed by atoms with E-state index in [1.54, 1.807) is 22.3 Å². The van der Waals surface area contributed by atoms with E-state index in [1.807, 2.05) is 37.3 Å². The minimum absolute atomic E-state index is 0. The van der Waals surface area contributed by atoms with Gasteiger partial charge in [0.2, 0.25) is 10.0 Å². The molecule has 0 amide bonds. The number of nitrogens with zero attached hydrogens (tertiary/aromatic N) is 3. The number of guanidine groups is 1. The van der Waals surface area contributed by atoms with Crippen LogP contribution in [-0.2, 0) is 16.6 Å². The van der Waals surface area contributed by atoms with Gasteiger partial charge in [-0.15, -0.1) is 24.0 Å². The average Bonchev–Trinajstić information content (AvgIpc) is 2.72. The van der Waals surface area contributed by atoms with Crippen molar-refractivity contribution in [3.05, 3.63) is 42.1 Å². The summed E-state index contributed by atoms with van der Waals surface area (Å²) in [6.07, 6.45) is 1.79. The molecule has 0 aliphatic carbocycles. The molecule has 2 N–H and O–H groups in total. The molecule has 1 aromatic heterocycles. The third-order valence-electron chi connectivity index (χ3n) is 4.51. The van der Waals surface area contributed by atoms with Crippen molar-refractivity contribution in [3.63, 3.8) is 0 Å². The van der Waals surface area contributed by atoms with E-state index in [2.05, 4.69) is 20.6 Å². The Morgan fingerprint density at radius 2 is 1.97 bits per heavy atom. The summed E-state index contributed by atoms with van der Waals surface area (Å²) >= 11 is 1.80. The summed E-state index contributed by atoms with van der Waals surface area (Å²) in [5.41, 5.74) is 2.03. The summed E-state index contributed by atoms with van der Waals surface area (Å²) in [5.74, 6) is 2.43. The van der Waals surface area contributed by atoms with Crippen LogP contribution in [0.3, 0.4) is 0 Å². The molecule has 7 nitrogen and oxygen atoms in total. The van der Waals surface area contributed by atoms with Gasteiger partial charge in [0.25, 0.3) is 0 Å². The molecule has 2 heterocycles. The predicted octanol–water partition coefficient (Wildman–Crippen LogP) is 2.29. The maximum Gasteiger partial charge on any atom is 0.215 e. The van der Waals surface area contributed by atoms with Crippen molar-refractivity contribution in [1.29, 1.82) is 0 Å². The molecule has 0 bridgehead atoms. The molecule has 160 valence electrons. The first-order valence-electron chi connectivity index (χ1n) is 9.50. The smallest absolute Gasteiger partial charge is 0.215 e. The number of pyridine rings is 1. The Morgan fingerprint density at radius 3 is 2.72 bits per heavy atom. The Morgan fingerprint density at radius 1 is 1.21 bits per heavy atom. The lowest BCUT2D eigenvalue weighted by molar-refractivity contribution is 0.443. The molecule has 1 fully saturated rings. The molecule has 1 saturated heterocycles. The van der Waals surface area contributed by atoms with Crippen molar-refractivity contribution in [2.45, 2.75) is 13.5 Å². The molecule has 1 aliphatic rings. The number of thioether (sulfide) groups is 1. The molecule has 0 atom stereocenters. The molecule has 29 heavy (non-hydrogen) atoms. The van der Waals surface area contributed by atoms with Gasteiger partial charge in [0.1, 0.15) is 0 Å². The Labute approximate surface area is 194 Å². The van der Waals surface area contributed by atoms with Crippen molar-refractivity contribution >= 4 is 62.6 Å². The lowest BCUT2D eigenvalue weighted by Gasteiger charge is -2.25. The topological polar surface area (TPSA) is 86.7 Å². The monoisotopic (exact) mass is 549 g/mol. The maximum atomic E-state index is 12.5. The summed E-state index contributed by atoms with van der Waals surface area (Å²) in [4.78, 5) is 8.99. The van der Waals surface area contributed by atoms with Crippen LogP contribution in [0.5, 0.6) is 0 Å². The molecule has 2 aromatic rings. The van der Waals surface area contributed by atoms with Crippen LogP contribution in [0, 0.1) is 0 Å². The number of rotatable bonds is 7. The lowest BCUT2D eigenvalue weighted by Crippen LogP contribution is -2.44. The zero-order valence-corrected chi connectivity index (χ0v) is 20.5. The number of para-hydroxylation sites is 1. The SMILES string of the molecule is CCNC(=NCc1ccnc2ccccc12)NCCS(=O)(=O)N1CCSCC1.I. The van der Waals surface area contributed by atoms with Crippen LogP contribution in [0.4, 0.5) is 0 Å². The van der Waals surface area contributed by atoms with Gasteiger partial charge in [0.05, 0.1) is 17.8 Å². The molecular weight excluding hydrogens is 521 g/mol. The van der Waals surface area contributed by atoms with Crippen molar-refractivity contribution in [3.8, 4) is 0 Å². The third kappa shape index (κ3) is 6.97. The Hall–Kier alpha value is -1.11. The summed E-state index contributed by atoms with van der Waals surface area (Å²) in [5, 5.41) is 7.40. The highest BCUT2D eigenvalue weighted by Crippen LogP contribution is 2.17. The van der Waals surface area contributed by atoms with E-state index in [9.17, 15) is 8.42 Å². The van der Waals surface area contributed by atoms with Crippen molar-refractivity contribution in [1.82, 2.24) is 19.9 Å². The van der Waals surface area contributed by atoms with Gasteiger partial charge < -0.3 is 10.6 Å². The number of halogens is 1. The van der Waals surface area contributed by atoms with Gasteiger partial charge in [-0.25, -0.2) is 17.7 Å². The van der Waals surface area contributed by atoms with E-state index >= 15 is 0 Å². The molecular formula is C19H28IN5O2S2. The van der Waals surface area contributed by atoms with Crippen LogP contribution in [0.15, 0.2) is 41.5 Å². The fraction of sp³-hybridized carbons (Fsp3) is 0.474. The summed E-state index contributed by atoms with van der Waals surface area (Å²) in [6, 6.07) is 9.95. The highest BCUT2D eigenvalue weighted by Gasteiger charge is 2.23. The second kappa shape index (κ2) is 11.9. The number of hydrogen-bond donors (Lipinski definition) is 2. The standard InChI is InChI=1S/C19H27N5O2S2.HI/c1-2-20-19(22-9-14-28(25,26)24-10-12-27-13-11-24)23-15-16-7-8-21-18-6-4-3-5-17(16)18;/h3-8H,2,9-15H2,1H3,(H2,20,22,23);1H. The largest absolute Gasteiger partial charge is 0.357 e. The third-order valence-corrected chi connectivity index (χ3v) is 7.32. The van der Waals surface area contributed by atoms with Crippen molar-refractivity contribution in [2.75, 3.05) is 43.4 Å². The maximum absolute atomic E-state index is 12.5. The Kier molecular flexibility index (Phi) is 9.93. The molecule has 0 unspecified atom stereocenters. The van der Waals surface area contributed by atoms with Gasteiger partial charge >= 0.3 is 0 Å². The second-order valence-corrected chi connectivity index (χ2v) is 9.75. The summed E-state index contributed by atoms with van der Waals surface area (Å²) < 4.78 is 26.5. The van der Waals surface area contributed by atoms with E-state index in [4.69, 9.17) is 0 Å². The van der Waals surface area contributed by atoms with Gasteiger partial charge in [-0.3, -0.25) is 4.98 Å². The van der Waals surface area contributed by atoms with Crippen LogP contribution in [0.1, 0.15) is 12.5 Å². The van der Waals surface area contributed by atoms with Crippen molar-refractivity contribution in [2.24, 2.45) is 4.99 Å². The second-order valence-electron chi connectivity index (χ2n) is 6.44. The van der Waals surface area contributed by atoms with Crippen LogP contribution < -0.4 is 10.6 Å². The molecule has 0 saturated carbocycles. The highest BCUT2D eigenvalue weighted by molar-refractivity contribution is 14.0. The first-order chi connectivity index (χ1) is 13.6. The molecule has 1 aromatic carbocycles. The lowest BCUT2D eigenvalue weighted by atomic mass is 10.1. The molecule has 10 heteroatoms. The van der Waals surface area contributed by atoms with Gasteiger partial charge in [0.15, 0.2) is 5.96 Å². The number of benzene rings is 1. The van der Waals surface area contributed by atoms with Gasteiger partial charge in [-0.1, -0.05) is 18.2 Å². The van der Waals surface area contributed by atoms with Gasteiger partial charge in [-0.2, -0.15) is 11.8 Å². The fourth-order valence-corrected chi connectivity index (χ4v) is 5.54. The normalized spacial score (nSPS) is 15.7. The highest BCUT2D eigenvalue weighted by atomic mass is 127. The summed E-state index contributed by atoms with van der Waals surface area (Å²) in [6.45, 7) is 4.73. The number of nitrogens with one attached hydrogen (secondary N) is 2. The van der Waals surface area contributed by atoms with Crippen LogP contribution in [-0.4, -0.2) is 67.1 Å². The number of hydrogen-bond acceptors (Lipinski definition) is 5. The van der Waals surface area contributed by atoms with Crippen molar-refractivity contribution < 1.29 is 8.42 Å². The van der Waals surface area contributed by atoms with Gasteiger partial charge in [-0.05, 0) is 24.6 Å². The predicted molar refractivity (Wildman–Crippen MR) is 133 cm³/mol. The molecule has 1 aliphatic heterocycles. The number of fused-ring (bicyclic) bond motifs is 1. The fourth-order valence-electron chi connectivity index (χ4n) is 3.05. The number of sulfonamides is 1. The Bertz CT molecular complexity index is 912. The zero-order valence-electron chi connectivity index (χ0n) is 16.5. The first-order valence-corrected chi connectivity index (χ1v) is 12.3. The Balaban J connectivity index is 0.00000300. The van der Waals surface area contributed by atoms with E-state index in [0.29, 0.717) is 38.7 Å². The number of aliphatic imine (C=N–C) groups is 1. The molecule has 0 radical (unpaired) electrons. The van der Waals surface area contributed by atoms with Crippen LogP contribution in [0.2, 0.25) is 0 Å². The minimum atomic E-state index is -3.22. The van der Waals surface area contributed by atoms with Gasteiger partial charge in [0, 0.05) is 49.3 Å². The molecule has 0 spiro atoms. The quantitative estimate of drug-likeness (QED) is 0.313. The zero-order chi connectivity index (χ0) is 19.8. The van der Waals surface area contributed by atoms with Crippen LogP contribution in [0.25, 0.3) is 10.9 Å². The number of aromatic nitrogens is 1.